The van der Waals surface area contributed by atoms with Crippen LogP contribution in [0.2, 0.25) is 0 Å². The third-order valence-electron chi connectivity index (χ3n) is 4.23. The number of aryl methyl sites for hydroxylation is 3. The zero-order valence-electron chi connectivity index (χ0n) is 12.5. The number of nitrogens with two attached hydrogens (primary N) is 1. The van der Waals surface area contributed by atoms with E-state index in [1.807, 2.05) is 0 Å². The summed E-state index contributed by atoms with van der Waals surface area (Å²) in [4.78, 5) is 0. The topological polar surface area (TPSA) is 26.0 Å². The Hall–Kier alpha value is -0.470. The summed E-state index contributed by atoms with van der Waals surface area (Å²) in [5, 5.41) is 0. The van der Waals surface area contributed by atoms with E-state index in [1.165, 1.54) is 53.7 Å². The number of hydrogen-bond donors (Lipinski definition) is 1. The fourth-order valence-electron chi connectivity index (χ4n) is 3.40. The Labute approximate surface area is 122 Å². The number of thioether (sulfide) groups is 1. The highest BCUT2D eigenvalue weighted by atomic mass is 32.2. The highest BCUT2D eigenvalue weighted by molar-refractivity contribution is 7.99. The Morgan fingerprint density at radius 2 is 1.74 bits per heavy atom. The fourth-order valence-corrected chi connectivity index (χ4v) is 4.62. The van der Waals surface area contributed by atoms with E-state index in [0.29, 0.717) is 0 Å². The molecule has 1 fully saturated rings. The first kappa shape index (κ1) is 14.9. The second kappa shape index (κ2) is 6.81. The minimum Gasteiger partial charge on any atom is -0.323 e. The Morgan fingerprint density at radius 3 is 2.32 bits per heavy atom. The largest absolute Gasteiger partial charge is 0.323 e. The van der Waals surface area contributed by atoms with E-state index < -0.39 is 0 Å². The quantitative estimate of drug-likeness (QED) is 0.855. The van der Waals surface area contributed by atoms with Crippen molar-refractivity contribution in [2.45, 2.75) is 52.5 Å². The molecule has 2 heteroatoms. The van der Waals surface area contributed by atoms with Crippen LogP contribution in [0.1, 0.15) is 54.0 Å². The van der Waals surface area contributed by atoms with Gasteiger partial charge in [0.1, 0.15) is 0 Å². The summed E-state index contributed by atoms with van der Waals surface area (Å²) in [5.74, 6) is 3.32. The molecule has 0 bridgehead atoms. The molecule has 0 heterocycles. The molecule has 1 aliphatic carbocycles. The zero-order valence-corrected chi connectivity index (χ0v) is 13.4. The van der Waals surface area contributed by atoms with Crippen LogP contribution >= 0.6 is 11.8 Å². The summed E-state index contributed by atoms with van der Waals surface area (Å²) in [6.45, 7) is 6.54. The standard InChI is InChI=1S/C17H27NS/c1-12-8-13(2)17(14(3)9-12)16(18)11-19-10-15-6-4-5-7-15/h8-9,15-16H,4-7,10-11,18H2,1-3H3. The molecule has 0 radical (unpaired) electrons. The molecule has 0 amide bonds. The zero-order chi connectivity index (χ0) is 13.8. The molecule has 1 aromatic carbocycles. The normalized spacial score (nSPS) is 17.9. The lowest BCUT2D eigenvalue weighted by atomic mass is 9.95. The molecule has 2 rings (SSSR count). The van der Waals surface area contributed by atoms with Crippen LogP contribution in [0.15, 0.2) is 12.1 Å². The maximum atomic E-state index is 6.41. The van der Waals surface area contributed by atoms with Crippen molar-refractivity contribution in [3.8, 4) is 0 Å². The summed E-state index contributed by atoms with van der Waals surface area (Å²) in [6.07, 6.45) is 5.75. The Balaban J connectivity index is 1.90. The van der Waals surface area contributed by atoms with Crippen LogP contribution < -0.4 is 5.73 Å². The molecule has 1 nitrogen and oxygen atoms in total. The van der Waals surface area contributed by atoms with Gasteiger partial charge in [0.05, 0.1) is 0 Å². The average Bonchev–Trinajstić information content (AvgIpc) is 2.80. The molecule has 1 aromatic rings. The summed E-state index contributed by atoms with van der Waals surface area (Å²) < 4.78 is 0. The van der Waals surface area contributed by atoms with Crippen molar-refractivity contribution in [3.05, 3.63) is 34.4 Å². The summed E-state index contributed by atoms with van der Waals surface area (Å²) in [5.41, 5.74) is 11.8. The second-order valence-corrected chi connectivity index (χ2v) is 7.18. The van der Waals surface area contributed by atoms with Crippen LogP contribution in [-0.2, 0) is 0 Å². The van der Waals surface area contributed by atoms with E-state index in [4.69, 9.17) is 5.73 Å². The first-order valence-electron chi connectivity index (χ1n) is 7.49. The minimum atomic E-state index is 0.187. The van der Waals surface area contributed by atoms with Crippen molar-refractivity contribution in [3.63, 3.8) is 0 Å². The molecule has 2 N–H and O–H groups in total. The number of benzene rings is 1. The average molecular weight is 277 g/mol. The van der Waals surface area contributed by atoms with Crippen molar-refractivity contribution >= 4 is 11.8 Å². The third-order valence-corrected chi connectivity index (χ3v) is 5.54. The van der Waals surface area contributed by atoms with Crippen molar-refractivity contribution in [2.24, 2.45) is 11.7 Å². The van der Waals surface area contributed by atoms with Gasteiger partial charge in [-0.05, 0) is 62.0 Å². The van der Waals surface area contributed by atoms with Crippen LogP contribution in [0.5, 0.6) is 0 Å². The molecule has 1 unspecified atom stereocenters. The monoisotopic (exact) mass is 277 g/mol. The Bertz CT molecular complexity index is 398. The fraction of sp³-hybridized carbons (Fsp3) is 0.647. The first-order chi connectivity index (χ1) is 9.08. The van der Waals surface area contributed by atoms with Crippen molar-refractivity contribution in [1.82, 2.24) is 0 Å². The van der Waals surface area contributed by atoms with Gasteiger partial charge in [0.25, 0.3) is 0 Å². The lowest BCUT2D eigenvalue weighted by Gasteiger charge is -2.19. The van der Waals surface area contributed by atoms with Gasteiger partial charge >= 0.3 is 0 Å². The van der Waals surface area contributed by atoms with E-state index in [9.17, 15) is 0 Å². The van der Waals surface area contributed by atoms with Crippen molar-refractivity contribution in [2.75, 3.05) is 11.5 Å². The van der Waals surface area contributed by atoms with Crippen LogP contribution in [0.25, 0.3) is 0 Å². The molecule has 19 heavy (non-hydrogen) atoms. The maximum absolute atomic E-state index is 6.41. The van der Waals surface area contributed by atoms with Crippen LogP contribution in [0, 0.1) is 26.7 Å². The Morgan fingerprint density at radius 1 is 1.16 bits per heavy atom. The number of rotatable bonds is 5. The highest BCUT2D eigenvalue weighted by Gasteiger charge is 2.17. The molecule has 1 atom stereocenters. The smallest absolute Gasteiger partial charge is 0.0392 e. The van der Waals surface area contributed by atoms with Gasteiger partial charge in [0, 0.05) is 11.8 Å². The minimum absolute atomic E-state index is 0.187. The van der Waals surface area contributed by atoms with E-state index in [0.717, 1.165) is 11.7 Å². The molecule has 0 spiro atoms. The van der Waals surface area contributed by atoms with Crippen LogP contribution in [0.4, 0.5) is 0 Å². The van der Waals surface area contributed by atoms with E-state index >= 15 is 0 Å². The van der Waals surface area contributed by atoms with Gasteiger partial charge in [-0.2, -0.15) is 11.8 Å². The molecular weight excluding hydrogens is 250 g/mol. The van der Waals surface area contributed by atoms with E-state index in [1.54, 1.807) is 0 Å². The molecule has 1 aliphatic rings. The van der Waals surface area contributed by atoms with Gasteiger partial charge in [0.15, 0.2) is 0 Å². The molecule has 0 aliphatic heterocycles. The van der Waals surface area contributed by atoms with E-state index in [-0.39, 0.29) is 6.04 Å². The predicted octanol–water partition coefficient (Wildman–Crippen LogP) is 4.54. The van der Waals surface area contributed by atoms with Crippen LogP contribution in [-0.4, -0.2) is 11.5 Å². The van der Waals surface area contributed by atoms with Crippen molar-refractivity contribution in [1.29, 1.82) is 0 Å². The molecule has 1 saturated carbocycles. The number of hydrogen-bond acceptors (Lipinski definition) is 2. The van der Waals surface area contributed by atoms with Gasteiger partial charge < -0.3 is 5.73 Å². The van der Waals surface area contributed by atoms with Gasteiger partial charge in [-0.25, -0.2) is 0 Å². The lowest BCUT2D eigenvalue weighted by molar-refractivity contribution is 0.622. The summed E-state index contributed by atoms with van der Waals surface area (Å²) in [6, 6.07) is 4.69. The van der Waals surface area contributed by atoms with Crippen LogP contribution in [0.3, 0.4) is 0 Å². The summed E-state index contributed by atoms with van der Waals surface area (Å²) in [7, 11) is 0. The van der Waals surface area contributed by atoms with Gasteiger partial charge in [-0.15, -0.1) is 0 Å². The molecule has 106 valence electrons. The SMILES string of the molecule is Cc1cc(C)c(C(N)CSCC2CCCC2)c(C)c1. The highest BCUT2D eigenvalue weighted by Crippen LogP contribution is 2.30. The molecule has 0 aromatic heterocycles. The second-order valence-electron chi connectivity index (χ2n) is 6.11. The van der Waals surface area contributed by atoms with Gasteiger partial charge in [0.2, 0.25) is 0 Å². The Kier molecular flexibility index (Phi) is 5.35. The molecule has 0 saturated heterocycles. The predicted molar refractivity (Wildman–Crippen MR) is 86.9 cm³/mol. The lowest BCUT2D eigenvalue weighted by Crippen LogP contribution is -2.17. The maximum Gasteiger partial charge on any atom is 0.0392 e. The van der Waals surface area contributed by atoms with Gasteiger partial charge in [-0.3, -0.25) is 0 Å². The first-order valence-corrected chi connectivity index (χ1v) is 8.64. The van der Waals surface area contributed by atoms with Crippen molar-refractivity contribution < 1.29 is 0 Å². The van der Waals surface area contributed by atoms with Gasteiger partial charge in [-0.1, -0.05) is 30.5 Å². The third kappa shape index (κ3) is 4.00. The van der Waals surface area contributed by atoms with E-state index in [2.05, 4.69) is 44.7 Å². The molecular formula is C17H27NS. The summed E-state index contributed by atoms with van der Waals surface area (Å²) >= 11 is 2.05.